The maximum Gasteiger partial charge on any atom is 0.220 e. The maximum absolute atomic E-state index is 11.6. The monoisotopic (exact) mass is 241 g/mol. The number of rotatable bonds is 7. The number of carbonyl (C=O) groups excluding carboxylic acids is 1. The fourth-order valence-corrected chi connectivity index (χ4v) is 2.30. The van der Waals surface area contributed by atoms with Crippen LogP contribution in [0.2, 0.25) is 0 Å². The number of carbonyl (C=O) groups is 1. The van der Waals surface area contributed by atoms with E-state index in [2.05, 4.69) is 17.1 Å². The zero-order valence-electron chi connectivity index (χ0n) is 11.2. The second-order valence-electron chi connectivity index (χ2n) is 5.22. The van der Waals surface area contributed by atoms with E-state index in [9.17, 15) is 4.79 Å². The molecule has 4 nitrogen and oxygen atoms in total. The topological polar surface area (TPSA) is 58.4 Å². The predicted octanol–water partition coefficient (Wildman–Crippen LogP) is 0.962. The van der Waals surface area contributed by atoms with Crippen LogP contribution in [0, 0.1) is 5.92 Å². The fourth-order valence-electron chi connectivity index (χ4n) is 2.30. The summed E-state index contributed by atoms with van der Waals surface area (Å²) >= 11 is 0. The molecular formula is C13H27N3O. The second-order valence-corrected chi connectivity index (χ2v) is 5.22. The summed E-state index contributed by atoms with van der Waals surface area (Å²) in [5.74, 6) is 0.827. The number of hydrogen-bond donors (Lipinski definition) is 2. The lowest BCUT2D eigenvalue weighted by molar-refractivity contribution is -0.121. The molecule has 2 unspecified atom stereocenters. The maximum atomic E-state index is 11.6. The Hall–Kier alpha value is -0.610. The number of nitrogens with zero attached hydrogens (tertiary/aromatic N) is 1. The largest absolute Gasteiger partial charge is 0.356 e. The highest BCUT2D eigenvalue weighted by Crippen LogP contribution is 2.14. The molecule has 1 heterocycles. The van der Waals surface area contributed by atoms with E-state index in [0.29, 0.717) is 12.3 Å². The first kappa shape index (κ1) is 14.5. The van der Waals surface area contributed by atoms with Crippen molar-refractivity contribution in [1.82, 2.24) is 10.2 Å². The van der Waals surface area contributed by atoms with Crippen molar-refractivity contribution < 1.29 is 4.79 Å². The Bertz CT molecular complexity index is 231. The normalized spacial score (nSPS) is 22.6. The van der Waals surface area contributed by atoms with E-state index < -0.39 is 0 Å². The van der Waals surface area contributed by atoms with E-state index >= 15 is 0 Å². The summed E-state index contributed by atoms with van der Waals surface area (Å²) in [5.41, 5.74) is 5.65. The van der Waals surface area contributed by atoms with Gasteiger partial charge in [0, 0.05) is 25.6 Å². The number of likely N-dealkylation sites (tertiary alicyclic amines) is 1. The van der Waals surface area contributed by atoms with E-state index in [1.54, 1.807) is 0 Å². The molecule has 1 fully saturated rings. The Morgan fingerprint density at radius 1 is 1.59 bits per heavy atom. The summed E-state index contributed by atoms with van der Waals surface area (Å²) in [6.07, 6.45) is 3.66. The fraction of sp³-hybridized carbons (Fsp3) is 0.923. The number of amides is 1. The van der Waals surface area contributed by atoms with E-state index in [1.807, 2.05) is 6.92 Å². The minimum atomic E-state index is 0.181. The van der Waals surface area contributed by atoms with Gasteiger partial charge >= 0.3 is 0 Å². The van der Waals surface area contributed by atoms with Gasteiger partial charge in [0.1, 0.15) is 0 Å². The van der Waals surface area contributed by atoms with Crippen LogP contribution >= 0.6 is 0 Å². The SMILES string of the molecule is CCN1CCC(CNC(=O)CCCC(C)N)C1. The molecule has 1 saturated heterocycles. The van der Waals surface area contributed by atoms with Crippen molar-refractivity contribution in [3.05, 3.63) is 0 Å². The zero-order valence-corrected chi connectivity index (χ0v) is 11.2. The van der Waals surface area contributed by atoms with Crippen LogP contribution in [-0.2, 0) is 4.79 Å². The highest BCUT2D eigenvalue weighted by molar-refractivity contribution is 5.75. The van der Waals surface area contributed by atoms with Crippen LogP contribution in [0.1, 0.15) is 39.5 Å². The minimum absolute atomic E-state index is 0.181. The summed E-state index contributed by atoms with van der Waals surface area (Å²) in [6, 6.07) is 0.204. The molecule has 1 rings (SSSR count). The molecule has 0 aromatic rings. The third kappa shape index (κ3) is 6.03. The summed E-state index contributed by atoms with van der Waals surface area (Å²) < 4.78 is 0. The van der Waals surface area contributed by atoms with Crippen LogP contribution in [-0.4, -0.2) is 43.0 Å². The number of nitrogens with one attached hydrogen (secondary N) is 1. The Morgan fingerprint density at radius 3 is 2.94 bits per heavy atom. The predicted molar refractivity (Wildman–Crippen MR) is 70.7 cm³/mol. The van der Waals surface area contributed by atoms with Crippen LogP contribution in [0.5, 0.6) is 0 Å². The molecule has 0 saturated carbocycles. The smallest absolute Gasteiger partial charge is 0.220 e. The summed E-state index contributed by atoms with van der Waals surface area (Å²) in [7, 11) is 0. The minimum Gasteiger partial charge on any atom is -0.356 e. The third-order valence-corrected chi connectivity index (χ3v) is 3.47. The molecule has 100 valence electrons. The molecule has 0 aliphatic carbocycles. The average molecular weight is 241 g/mol. The number of hydrogen-bond acceptors (Lipinski definition) is 3. The molecule has 4 heteroatoms. The van der Waals surface area contributed by atoms with Crippen molar-refractivity contribution >= 4 is 5.91 Å². The molecule has 1 aliphatic rings. The summed E-state index contributed by atoms with van der Waals surface area (Å²) in [5, 5.41) is 3.04. The van der Waals surface area contributed by atoms with Gasteiger partial charge in [0.25, 0.3) is 0 Å². The van der Waals surface area contributed by atoms with Crippen molar-refractivity contribution in [3.63, 3.8) is 0 Å². The average Bonchev–Trinajstić information content (AvgIpc) is 2.73. The standard InChI is InChI=1S/C13H27N3O/c1-3-16-8-7-12(10-16)9-15-13(17)6-4-5-11(2)14/h11-12H,3-10,14H2,1-2H3,(H,15,17). The van der Waals surface area contributed by atoms with Crippen molar-refractivity contribution in [2.24, 2.45) is 11.7 Å². The summed E-state index contributed by atoms with van der Waals surface area (Å²) in [6.45, 7) is 8.45. The molecule has 1 aliphatic heterocycles. The lowest BCUT2D eigenvalue weighted by Gasteiger charge is -2.13. The van der Waals surface area contributed by atoms with Crippen molar-refractivity contribution in [3.8, 4) is 0 Å². The highest BCUT2D eigenvalue weighted by Gasteiger charge is 2.21. The van der Waals surface area contributed by atoms with Gasteiger partial charge in [-0.05, 0) is 45.2 Å². The van der Waals surface area contributed by atoms with Gasteiger partial charge in [-0.3, -0.25) is 4.79 Å². The molecule has 3 N–H and O–H groups in total. The van der Waals surface area contributed by atoms with Crippen molar-refractivity contribution in [2.45, 2.75) is 45.6 Å². The van der Waals surface area contributed by atoms with E-state index in [-0.39, 0.29) is 11.9 Å². The first-order valence-corrected chi connectivity index (χ1v) is 6.86. The van der Waals surface area contributed by atoms with E-state index in [1.165, 1.54) is 13.0 Å². The molecule has 0 spiro atoms. The molecule has 0 aromatic carbocycles. The van der Waals surface area contributed by atoms with Gasteiger partial charge in [0.05, 0.1) is 0 Å². The molecule has 17 heavy (non-hydrogen) atoms. The van der Waals surface area contributed by atoms with Crippen LogP contribution in [0.15, 0.2) is 0 Å². The lowest BCUT2D eigenvalue weighted by Crippen LogP contribution is -2.31. The lowest BCUT2D eigenvalue weighted by atomic mass is 10.1. The summed E-state index contributed by atoms with van der Waals surface area (Å²) in [4.78, 5) is 14.0. The number of nitrogens with two attached hydrogens (primary N) is 1. The molecule has 0 aromatic heterocycles. The van der Waals surface area contributed by atoms with Gasteiger partial charge in [-0.25, -0.2) is 0 Å². The van der Waals surface area contributed by atoms with Crippen LogP contribution in [0.4, 0.5) is 0 Å². The van der Waals surface area contributed by atoms with Gasteiger partial charge in [-0.2, -0.15) is 0 Å². The van der Waals surface area contributed by atoms with Gasteiger partial charge < -0.3 is 16.0 Å². The highest BCUT2D eigenvalue weighted by atomic mass is 16.1. The van der Waals surface area contributed by atoms with Gasteiger partial charge in [0.2, 0.25) is 5.91 Å². The Balaban J connectivity index is 2.04. The Morgan fingerprint density at radius 2 is 2.35 bits per heavy atom. The second kappa shape index (κ2) is 7.67. The zero-order chi connectivity index (χ0) is 12.7. The molecule has 0 radical (unpaired) electrons. The van der Waals surface area contributed by atoms with Crippen LogP contribution in [0.3, 0.4) is 0 Å². The van der Waals surface area contributed by atoms with Crippen LogP contribution in [0.25, 0.3) is 0 Å². The molecule has 2 atom stereocenters. The Labute approximate surface area is 105 Å². The van der Waals surface area contributed by atoms with E-state index in [0.717, 1.165) is 32.5 Å². The van der Waals surface area contributed by atoms with Gasteiger partial charge in [0.15, 0.2) is 0 Å². The first-order valence-electron chi connectivity index (χ1n) is 6.86. The molecular weight excluding hydrogens is 214 g/mol. The van der Waals surface area contributed by atoms with Crippen molar-refractivity contribution in [1.29, 1.82) is 0 Å². The van der Waals surface area contributed by atoms with Gasteiger partial charge in [-0.15, -0.1) is 0 Å². The quantitative estimate of drug-likeness (QED) is 0.698. The van der Waals surface area contributed by atoms with Crippen LogP contribution < -0.4 is 11.1 Å². The Kier molecular flexibility index (Phi) is 6.52. The first-order chi connectivity index (χ1) is 8.11. The molecule has 0 bridgehead atoms. The van der Waals surface area contributed by atoms with Gasteiger partial charge in [-0.1, -0.05) is 6.92 Å². The molecule has 1 amide bonds. The van der Waals surface area contributed by atoms with E-state index in [4.69, 9.17) is 5.73 Å². The van der Waals surface area contributed by atoms with Crippen molar-refractivity contribution in [2.75, 3.05) is 26.2 Å². The third-order valence-electron chi connectivity index (χ3n) is 3.47.